The standard InChI is InChI=1S/C22H21BN3PS/c23-27(20-10-4-1-5-11-20,21-12-6-2-7-13-21)17-19-16-26(25-24-19)18-28-22-14-8-3-9-15-22/h1-16,23H,17-18H2. The Morgan fingerprint density at radius 1 is 0.786 bits per heavy atom. The average molecular weight is 401 g/mol. The van der Waals surface area contributed by atoms with E-state index in [4.69, 9.17) is 7.57 Å². The molecule has 0 aliphatic carbocycles. The van der Waals surface area contributed by atoms with E-state index < -0.39 is 7.14 Å². The third kappa shape index (κ3) is 4.37. The maximum atomic E-state index is 4.74. The van der Waals surface area contributed by atoms with Gasteiger partial charge in [-0.05, 0) is 0 Å². The SMILES string of the molecule is [BH+][P-](Cc1cn(CSc2ccccc2)nn1)(c1ccccc1)c1ccccc1. The van der Waals surface area contributed by atoms with Gasteiger partial charge in [-0.3, -0.25) is 0 Å². The van der Waals surface area contributed by atoms with Gasteiger partial charge >= 0.3 is 172 Å². The van der Waals surface area contributed by atoms with Gasteiger partial charge in [0.05, 0.1) is 0 Å². The van der Waals surface area contributed by atoms with Crippen LogP contribution < -0.4 is 10.6 Å². The fraction of sp³-hybridized carbons (Fsp3) is 0.0909. The number of rotatable bonds is 7. The summed E-state index contributed by atoms with van der Waals surface area (Å²) < 4.78 is 1.91. The molecule has 4 rings (SSSR count). The van der Waals surface area contributed by atoms with Gasteiger partial charge in [0.1, 0.15) is 0 Å². The quantitative estimate of drug-likeness (QED) is 0.266. The molecule has 0 bridgehead atoms. The van der Waals surface area contributed by atoms with Crippen molar-refractivity contribution in [1.29, 1.82) is 0 Å². The first-order chi connectivity index (χ1) is 13.7. The predicted octanol–water partition coefficient (Wildman–Crippen LogP) is 4.01. The van der Waals surface area contributed by atoms with E-state index in [9.17, 15) is 0 Å². The van der Waals surface area contributed by atoms with E-state index in [2.05, 4.69) is 101 Å². The first kappa shape index (κ1) is 19.0. The molecule has 3 nitrogen and oxygen atoms in total. The molecule has 0 N–H and O–H groups in total. The summed E-state index contributed by atoms with van der Waals surface area (Å²) >= 11 is 1.75. The van der Waals surface area contributed by atoms with E-state index in [0.717, 1.165) is 17.7 Å². The van der Waals surface area contributed by atoms with E-state index in [1.807, 2.05) is 10.7 Å². The molecule has 0 amide bonds. The Hall–Kier alpha value is -2.36. The van der Waals surface area contributed by atoms with Gasteiger partial charge < -0.3 is 0 Å². The number of hydrogen-bond donors (Lipinski definition) is 0. The molecule has 0 saturated carbocycles. The van der Waals surface area contributed by atoms with E-state index in [-0.39, 0.29) is 0 Å². The van der Waals surface area contributed by atoms with Crippen molar-refractivity contribution < 1.29 is 0 Å². The van der Waals surface area contributed by atoms with Crippen molar-refractivity contribution >= 4 is 37.1 Å². The second-order valence-corrected chi connectivity index (χ2v) is 10.9. The first-order valence-electron chi connectivity index (χ1n) is 9.14. The van der Waals surface area contributed by atoms with Gasteiger partial charge in [-0.25, -0.2) is 0 Å². The Kier molecular flexibility index (Phi) is 5.94. The van der Waals surface area contributed by atoms with E-state index in [0.29, 0.717) is 0 Å². The number of benzene rings is 3. The molecule has 0 fully saturated rings. The molecule has 1 aromatic heterocycles. The number of nitrogens with zero attached hydrogens (tertiary/aromatic N) is 3. The molecule has 28 heavy (non-hydrogen) atoms. The average Bonchev–Trinajstić information content (AvgIpc) is 3.21. The number of thioether (sulfide) groups is 1. The van der Waals surface area contributed by atoms with E-state index in [1.165, 1.54) is 15.5 Å². The van der Waals surface area contributed by atoms with Crippen molar-refractivity contribution in [2.75, 3.05) is 0 Å². The zero-order valence-electron chi connectivity index (χ0n) is 15.6. The molecule has 0 spiro atoms. The van der Waals surface area contributed by atoms with E-state index in [1.54, 1.807) is 11.8 Å². The van der Waals surface area contributed by atoms with Crippen molar-refractivity contribution in [2.45, 2.75) is 16.9 Å². The summed E-state index contributed by atoms with van der Waals surface area (Å²) in [5.41, 5.74) is 0.990. The van der Waals surface area contributed by atoms with Crippen LogP contribution >= 0.6 is 18.9 Å². The van der Waals surface area contributed by atoms with Crippen LogP contribution in [0.25, 0.3) is 0 Å². The third-order valence-corrected chi connectivity index (χ3v) is 9.06. The van der Waals surface area contributed by atoms with Crippen LogP contribution in [0.5, 0.6) is 0 Å². The van der Waals surface area contributed by atoms with E-state index >= 15 is 0 Å². The molecule has 1 heterocycles. The van der Waals surface area contributed by atoms with Crippen molar-refractivity contribution in [3.63, 3.8) is 0 Å². The summed E-state index contributed by atoms with van der Waals surface area (Å²) in [6.07, 6.45) is 2.86. The summed E-state index contributed by atoms with van der Waals surface area (Å²) in [5, 5.41) is 11.4. The van der Waals surface area contributed by atoms with Gasteiger partial charge in [-0.15, -0.1) is 0 Å². The summed E-state index contributed by atoms with van der Waals surface area (Å²) in [6.45, 7) is 0. The first-order valence-corrected chi connectivity index (χ1v) is 12.3. The molecule has 138 valence electrons. The van der Waals surface area contributed by atoms with Crippen molar-refractivity contribution in [1.82, 2.24) is 15.0 Å². The van der Waals surface area contributed by atoms with Gasteiger partial charge in [0.2, 0.25) is 0 Å². The summed E-state index contributed by atoms with van der Waals surface area (Å²) in [4.78, 5) is 1.23. The third-order valence-electron chi connectivity index (χ3n) is 4.63. The van der Waals surface area contributed by atoms with Crippen LogP contribution in [0.15, 0.2) is 102 Å². The fourth-order valence-electron chi connectivity index (χ4n) is 3.17. The summed E-state index contributed by atoms with van der Waals surface area (Å²) in [5.74, 6) is 0.746. The molecule has 6 heteroatoms. The summed E-state index contributed by atoms with van der Waals surface area (Å²) in [7, 11) is 2.90. The minimum absolute atomic E-state index is 0.746. The molecular formula is C22H21BN3PS. The van der Waals surface area contributed by atoms with Crippen LogP contribution in [0.3, 0.4) is 0 Å². The molecule has 0 unspecified atom stereocenters. The molecule has 0 radical (unpaired) electrons. The van der Waals surface area contributed by atoms with Crippen LogP contribution in [0, 0.1) is 0 Å². The van der Waals surface area contributed by atoms with Crippen LogP contribution in [0.4, 0.5) is 0 Å². The Balaban J connectivity index is 1.56. The van der Waals surface area contributed by atoms with Gasteiger partial charge in [-0.2, -0.15) is 0 Å². The Labute approximate surface area is 171 Å². The Morgan fingerprint density at radius 2 is 1.32 bits per heavy atom. The topological polar surface area (TPSA) is 30.7 Å². The second-order valence-electron chi connectivity index (χ2n) is 6.63. The zero-order chi connectivity index (χ0) is 19.2. The Morgan fingerprint density at radius 3 is 1.89 bits per heavy atom. The van der Waals surface area contributed by atoms with Crippen molar-refractivity contribution in [3.05, 3.63) is 103 Å². The Bertz CT molecular complexity index is 970. The molecule has 0 aliphatic rings. The van der Waals surface area contributed by atoms with Crippen LogP contribution in [0.2, 0.25) is 0 Å². The molecule has 3 aromatic carbocycles. The van der Waals surface area contributed by atoms with Crippen LogP contribution in [-0.4, -0.2) is 22.6 Å². The van der Waals surface area contributed by atoms with Gasteiger partial charge in [-0.1, -0.05) is 0 Å². The van der Waals surface area contributed by atoms with Gasteiger partial charge in [0.25, 0.3) is 0 Å². The fourth-order valence-corrected chi connectivity index (χ4v) is 6.77. The predicted molar refractivity (Wildman–Crippen MR) is 122 cm³/mol. The van der Waals surface area contributed by atoms with Crippen LogP contribution in [0.1, 0.15) is 5.69 Å². The minimum atomic E-state index is -1.83. The van der Waals surface area contributed by atoms with Crippen molar-refractivity contribution in [2.24, 2.45) is 0 Å². The van der Waals surface area contributed by atoms with Gasteiger partial charge in [0, 0.05) is 0 Å². The van der Waals surface area contributed by atoms with Crippen LogP contribution in [-0.2, 0) is 12.0 Å². The number of hydrogen-bond acceptors (Lipinski definition) is 3. The molecule has 0 aliphatic heterocycles. The van der Waals surface area contributed by atoms with Crippen molar-refractivity contribution in [3.8, 4) is 0 Å². The summed E-state index contributed by atoms with van der Waals surface area (Å²) in [6, 6.07) is 31.6. The molecule has 0 saturated heterocycles. The molecule has 4 aromatic rings. The maximum absolute atomic E-state index is 4.74. The number of aromatic nitrogens is 3. The molecule has 0 atom stereocenters. The zero-order valence-corrected chi connectivity index (χ0v) is 17.3. The molecular weight excluding hydrogens is 380 g/mol. The second kappa shape index (κ2) is 8.77. The normalized spacial score (nSPS) is 12.0. The monoisotopic (exact) mass is 401 g/mol. The van der Waals surface area contributed by atoms with Gasteiger partial charge in [0.15, 0.2) is 0 Å².